The number of aryl methyl sites for hydroxylation is 1. The van der Waals surface area contributed by atoms with Crippen molar-refractivity contribution in [3.63, 3.8) is 0 Å². The van der Waals surface area contributed by atoms with Crippen molar-refractivity contribution in [2.45, 2.75) is 20.4 Å². The maximum atomic E-state index is 5.06. The minimum atomic E-state index is 0.281. The fraction of sp³-hybridized carbons (Fsp3) is 0.455. The SMILES string of the molecule is CCOCONCc1ccc(C)c(Br)c1. The molecule has 15 heavy (non-hydrogen) atoms. The van der Waals surface area contributed by atoms with Gasteiger partial charge < -0.3 is 4.74 Å². The molecule has 1 aromatic rings. The summed E-state index contributed by atoms with van der Waals surface area (Å²) in [5, 5.41) is 0. The van der Waals surface area contributed by atoms with Crippen molar-refractivity contribution < 1.29 is 9.57 Å². The van der Waals surface area contributed by atoms with Crippen molar-refractivity contribution in [1.29, 1.82) is 0 Å². The van der Waals surface area contributed by atoms with Crippen molar-refractivity contribution in [3.05, 3.63) is 33.8 Å². The van der Waals surface area contributed by atoms with Crippen LogP contribution in [0.4, 0.5) is 0 Å². The fourth-order valence-corrected chi connectivity index (χ4v) is 1.47. The first-order valence-corrected chi connectivity index (χ1v) is 5.70. The molecule has 0 aliphatic heterocycles. The van der Waals surface area contributed by atoms with Gasteiger partial charge in [0.05, 0.1) is 0 Å². The topological polar surface area (TPSA) is 30.5 Å². The molecule has 0 aromatic heterocycles. The average Bonchev–Trinajstić information content (AvgIpc) is 2.23. The van der Waals surface area contributed by atoms with Crippen LogP contribution in [-0.4, -0.2) is 13.4 Å². The molecular weight excluding hydrogens is 258 g/mol. The van der Waals surface area contributed by atoms with Crippen LogP contribution >= 0.6 is 15.9 Å². The van der Waals surface area contributed by atoms with E-state index in [0.29, 0.717) is 13.2 Å². The van der Waals surface area contributed by atoms with Gasteiger partial charge in [-0.05, 0) is 31.0 Å². The second kappa shape index (κ2) is 6.95. The van der Waals surface area contributed by atoms with Crippen molar-refractivity contribution in [2.75, 3.05) is 13.4 Å². The highest BCUT2D eigenvalue weighted by molar-refractivity contribution is 9.10. The standard InChI is InChI=1S/C11H16BrNO2/c1-3-14-8-15-13-7-10-5-4-9(2)11(12)6-10/h4-6,13H,3,7-8H2,1-2H3. The molecule has 0 bridgehead atoms. The molecule has 0 fully saturated rings. The van der Waals surface area contributed by atoms with Gasteiger partial charge in [0.1, 0.15) is 0 Å². The summed E-state index contributed by atoms with van der Waals surface area (Å²) < 4.78 is 6.14. The molecule has 3 nitrogen and oxygen atoms in total. The minimum Gasteiger partial charge on any atom is -0.354 e. The Morgan fingerprint density at radius 3 is 2.87 bits per heavy atom. The third-order valence-corrected chi connectivity index (χ3v) is 2.82. The lowest BCUT2D eigenvalue weighted by molar-refractivity contribution is -0.0980. The zero-order valence-corrected chi connectivity index (χ0v) is 10.6. The van der Waals surface area contributed by atoms with Crippen molar-refractivity contribution in [3.8, 4) is 0 Å². The highest BCUT2D eigenvalue weighted by atomic mass is 79.9. The molecule has 0 aliphatic carbocycles. The van der Waals surface area contributed by atoms with Crippen LogP contribution in [-0.2, 0) is 16.1 Å². The van der Waals surface area contributed by atoms with E-state index in [0.717, 1.165) is 4.47 Å². The van der Waals surface area contributed by atoms with Gasteiger partial charge in [0, 0.05) is 17.6 Å². The van der Waals surface area contributed by atoms with Crippen LogP contribution < -0.4 is 5.48 Å². The molecule has 1 N–H and O–H groups in total. The Labute approximate surface area is 98.9 Å². The summed E-state index contributed by atoms with van der Waals surface area (Å²) in [5.74, 6) is 0. The summed E-state index contributed by atoms with van der Waals surface area (Å²) in [6, 6.07) is 6.22. The maximum Gasteiger partial charge on any atom is 0.166 e. The highest BCUT2D eigenvalue weighted by Gasteiger charge is 1.97. The Kier molecular flexibility index (Phi) is 5.86. The van der Waals surface area contributed by atoms with Gasteiger partial charge in [-0.3, -0.25) is 4.84 Å². The maximum absolute atomic E-state index is 5.06. The van der Waals surface area contributed by atoms with Gasteiger partial charge in [0.2, 0.25) is 0 Å². The van der Waals surface area contributed by atoms with Crippen LogP contribution in [0.15, 0.2) is 22.7 Å². The molecule has 0 unspecified atom stereocenters. The third kappa shape index (κ3) is 4.75. The average molecular weight is 274 g/mol. The predicted molar refractivity (Wildman–Crippen MR) is 63.3 cm³/mol. The monoisotopic (exact) mass is 273 g/mol. The van der Waals surface area contributed by atoms with E-state index in [2.05, 4.69) is 46.5 Å². The number of nitrogens with one attached hydrogen (secondary N) is 1. The molecule has 0 atom stereocenters. The normalized spacial score (nSPS) is 10.6. The minimum absolute atomic E-state index is 0.281. The van der Waals surface area contributed by atoms with E-state index in [4.69, 9.17) is 9.57 Å². The lowest BCUT2D eigenvalue weighted by Gasteiger charge is -2.07. The molecule has 1 rings (SSSR count). The predicted octanol–water partition coefficient (Wildman–Crippen LogP) is 2.77. The van der Waals surface area contributed by atoms with Gasteiger partial charge in [-0.25, -0.2) is 0 Å². The Morgan fingerprint density at radius 2 is 2.20 bits per heavy atom. The Morgan fingerprint density at radius 1 is 1.40 bits per heavy atom. The van der Waals surface area contributed by atoms with Crippen LogP contribution in [0.2, 0.25) is 0 Å². The number of rotatable bonds is 6. The zero-order chi connectivity index (χ0) is 11.1. The molecule has 0 radical (unpaired) electrons. The fourth-order valence-electron chi connectivity index (χ4n) is 1.05. The molecule has 1 aromatic carbocycles. The lowest BCUT2D eigenvalue weighted by atomic mass is 10.1. The summed E-state index contributed by atoms with van der Waals surface area (Å²) in [6.07, 6.45) is 0. The second-order valence-corrected chi connectivity index (χ2v) is 4.01. The second-order valence-electron chi connectivity index (χ2n) is 3.16. The highest BCUT2D eigenvalue weighted by Crippen LogP contribution is 2.17. The number of benzene rings is 1. The molecule has 0 amide bonds. The van der Waals surface area contributed by atoms with Crippen molar-refractivity contribution >= 4 is 15.9 Å². The number of hydroxylamine groups is 1. The van der Waals surface area contributed by atoms with Gasteiger partial charge >= 0.3 is 0 Å². The van der Waals surface area contributed by atoms with Gasteiger partial charge in [-0.2, -0.15) is 5.48 Å². The van der Waals surface area contributed by atoms with E-state index in [9.17, 15) is 0 Å². The van der Waals surface area contributed by atoms with Crippen LogP contribution in [0.3, 0.4) is 0 Å². The summed E-state index contributed by atoms with van der Waals surface area (Å²) in [5.41, 5.74) is 5.24. The Bertz CT molecular complexity index is 305. The summed E-state index contributed by atoms with van der Waals surface area (Å²) in [6.45, 7) is 5.61. The van der Waals surface area contributed by atoms with E-state index in [1.165, 1.54) is 11.1 Å². The number of halogens is 1. The van der Waals surface area contributed by atoms with Crippen LogP contribution in [0.25, 0.3) is 0 Å². The van der Waals surface area contributed by atoms with Gasteiger partial charge in [-0.1, -0.05) is 28.1 Å². The quantitative estimate of drug-likeness (QED) is 0.491. The van der Waals surface area contributed by atoms with Gasteiger partial charge in [0.15, 0.2) is 6.79 Å². The van der Waals surface area contributed by atoms with E-state index in [1.54, 1.807) is 0 Å². The third-order valence-electron chi connectivity index (χ3n) is 1.96. The Balaban J connectivity index is 2.28. The summed E-state index contributed by atoms with van der Waals surface area (Å²) >= 11 is 3.49. The smallest absolute Gasteiger partial charge is 0.166 e. The first kappa shape index (κ1) is 12.6. The number of ether oxygens (including phenoxy) is 1. The van der Waals surface area contributed by atoms with Crippen LogP contribution in [0.5, 0.6) is 0 Å². The van der Waals surface area contributed by atoms with Gasteiger partial charge in [0.25, 0.3) is 0 Å². The molecule has 84 valence electrons. The number of hydrogen-bond donors (Lipinski definition) is 1. The molecule has 0 saturated carbocycles. The largest absolute Gasteiger partial charge is 0.354 e. The van der Waals surface area contributed by atoms with E-state index < -0.39 is 0 Å². The first-order chi connectivity index (χ1) is 7.24. The van der Waals surface area contributed by atoms with Crippen LogP contribution in [0.1, 0.15) is 18.1 Å². The molecule has 0 heterocycles. The van der Waals surface area contributed by atoms with E-state index in [-0.39, 0.29) is 6.79 Å². The lowest BCUT2D eigenvalue weighted by Crippen LogP contribution is -2.16. The van der Waals surface area contributed by atoms with E-state index in [1.807, 2.05) is 6.92 Å². The molecule has 0 aliphatic rings. The number of hydrogen-bond acceptors (Lipinski definition) is 3. The van der Waals surface area contributed by atoms with Gasteiger partial charge in [-0.15, -0.1) is 0 Å². The molecule has 0 spiro atoms. The molecular formula is C11H16BrNO2. The summed E-state index contributed by atoms with van der Waals surface area (Å²) in [4.78, 5) is 5.06. The molecule has 0 saturated heterocycles. The van der Waals surface area contributed by atoms with Crippen LogP contribution in [0, 0.1) is 6.92 Å². The van der Waals surface area contributed by atoms with Crippen molar-refractivity contribution in [2.24, 2.45) is 0 Å². The van der Waals surface area contributed by atoms with E-state index >= 15 is 0 Å². The zero-order valence-electron chi connectivity index (χ0n) is 9.05. The first-order valence-electron chi connectivity index (χ1n) is 4.91. The Hall–Kier alpha value is -0.420. The summed E-state index contributed by atoms with van der Waals surface area (Å²) in [7, 11) is 0. The molecule has 4 heteroatoms. The van der Waals surface area contributed by atoms with Crippen molar-refractivity contribution in [1.82, 2.24) is 5.48 Å².